The topological polar surface area (TPSA) is 66.5 Å². The van der Waals surface area contributed by atoms with Crippen LogP contribution in [0.5, 0.6) is 0 Å². The fraction of sp³-hybridized carbons (Fsp3) is 0.444. The van der Waals surface area contributed by atoms with Crippen LogP contribution in [0.2, 0.25) is 0 Å². The summed E-state index contributed by atoms with van der Waals surface area (Å²) in [5.74, 6) is 0.150. The molecule has 5 heteroatoms. The summed E-state index contributed by atoms with van der Waals surface area (Å²) in [6.45, 7) is 3.75. The number of rotatable bonds is 2. The molecule has 0 fully saturated rings. The zero-order chi connectivity index (χ0) is 10.1. The molecule has 0 unspecified atom stereocenters. The van der Waals surface area contributed by atoms with Gasteiger partial charge in [-0.3, -0.25) is 4.79 Å². The number of hydrogen-bond donors (Lipinski definition) is 0. The standard InChI is InChI=1S/C9H10N4O/c1-3-4-6-7-8(13-12-6)9(14)11-5(2)10-7/h3-4H2,1-2H3. The van der Waals surface area contributed by atoms with Crippen molar-refractivity contribution >= 4 is 28.9 Å². The molecule has 0 aromatic heterocycles. The maximum atomic E-state index is 11.4. The highest BCUT2D eigenvalue weighted by molar-refractivity contribution is 6.84. The average Bonchev–Trinajstić information content (AvgIpc) is 2.49. The first kappa shape index (κ1) is 8.93. The van der Waals surface area contributed by atoms with Crippen LogP contribution in [-0.2, 0) is 4.79 Å². The summed E-state index contributed by atoms with van der Waals surface area (Å²) in [5.41, 5.74) is 1.70. The van der Waals surface area contributed by atoms with Gasteiger partial charge in [0.05, 0.1) is 5.71 Å². The number of hydrogen-bond acceptors (Lipinski definition) is 4. The lowest BCUT2D eigenvalue weighted by atomic mass is 10.1. The predicted molar refractivity (Wildman–Crippen MR) is 55.3 cm³/mol. The van der Waals surface area contributed by atoms with E-state index in [0.29, 0.717) is 17.3 Å². The van der Waals surface area contributed by atoms with E-state index in [9.17, 15) is 4.79 Å². The van der Waals surface area contributed by atoms with Crippen LogP contribution in [-0.4, -0.2) is 28.9 Å². The highest BCUT2D eigenvalue weighted by atomic mass is 16.1. The van der Waals surface area contributed by atoms with Gasteiger partial charge in [-0.2, -0.15) is 10.1 Å². The summed E-state index contributed by atoms with van der Waals surface area (Å²) < 4.78 is 0. The molecule has 0 aliphatic carbocycles. The van der Waals surface area contributed by atoms with Crippen molar-refractivity contribution in [2.24, 2.45) is 20.2 Å². The van der Waals surface area contributed by atoms with E-state index in [1.165, 1.54) is 0 Å². The Hall–Kier alpha value is -1.65. The molecule has 2 heterocycles. The minimum absolute atomic E-state index is 0.291. The molecule has 14 heavy (non-hydrogen) atoms. The van der Waals surface area contributed by atoms with Crippen LogP contribution < -0.4 is 0 Å². The maximum Gasteiger partial charge on any atom is 0.301 e. The highest BCUT2D eigenvalue weighted by Gasteiger charge is 2.29. The molecule has 2 aliphatic heterocycles. The molecule has 0 N–H and O–H groups in total. The number of amidine groups is 1. The third-order valence-corrected chi connectivity index (χ3v) is 1.99. The molecular formula is C9H10N4O. The molecule has 5 nitrogen and oxygen atoms in total. The molecule has 0 radical (unpaired) electrons. The van der Waals surface area contributed by atoms with Gasteiger partial charge >= 0.3 is 5.91 Å². The summed E-state index contributed by atoms with van der Waals surface area (Å²) in [7, 11) is 0. The Kier molecular flexibility index (Phi) is 2.07. The summed E-state index contributed by atoms with van der Waals surface area (Å²) in [4.78, 5) is 19.2. The van der Waals surface area contributed by atoms with Crippen molar-refractivity contribution in [1.82, 2.24) is 0 Å². The number of amides is 1. The first-order valence-corrected chi connectivity index (χ1v) is 4.56. The molecule has 2 rings (SSSR count). The van der Waals surface area contributed by atoms with Gasteiger partial charge in [0, 0.05) is 0 Å². The van der Waals surface area contributed by atoms with Gasteiger partial charge in [-0.25, -0.2) is 4.99 Å². The summed E-state index contributed by atoms with van der Waals surface area (Å²) >= 11 is 0. The lowest BCUT2D eigenvalue weighted by Crippen LogP contribution is -2.30. The number of carbonyl (C=O) groups excluding carboxylic acids is 1. The van der Waals surface area contributed by atoms with Gasteiger partial charge in [0.25, 0.3) is 0 Å². The molecule has 0 aromatic carbocycles. The molecule has 1 amide bonds. The largest absolute Gasteiger partial charge is 0.301 e. The fourth-order valence-corrected chi connectivity index (χ4v) is 1.40. The summed E-state index contributed by atoms with van der Waals surface area (Å²) in [6, 6.07) is 0. The number of fused-ring (bicyclic) bond motifs is 1. The van der Waals surface area contributed by atoms with Gasteiger partial charge in [-0.15, -0.1) is 5.10 Å². The van der Waals surface area contributed by atoms with Crippen LogP contribution in [0.25, 0.3) is 0 Å². The first-order chi connectivity index (χ1) is 6.72. The third-order valence-electron chi connectivity index (χ3n) is 1.99. The lowest BCUT2D eigenvalue weighted by Gasteiger charge is -2.06. The quantitative estimate of drug-likeness (QED) is 0.640. The van der Waals surface area contributed by atoms with Crippen LogP contribution >= 0.6 is 0 Å². The average molecular weight is 190 g/mol. The van der Waals surface area contributed by atoms with Crippen molar-refractivity contribution in [2.75, 3.05) is 0 Å². The Balaban J connectivity index is 2.35. The summed E-state index contributed by atoms with van der Waals surface area (Å²) in [5, 5.41) is 7.72. The van der Waals surface area contributed by atoms with Gasteiger partial charge in [-0.1, -0.05) is 13.3 Å². The van der Waals surface area contributed by atoms with Crippen molar-refractivity contribution in [3.05, 3.63) is 0 Å². The van der Waals surface area contributed by atoms with Crippen LogP contribution in [0.15, 0.2) is 20.2 Å². The van der Waals surface area contributed by atoms with Crippen LogP contribution in [0.3, 0.4) is 0 Å². The van der Waals surface area contributed by atoms with E-state index in [4.69, 9.17) is 0 Å². The van der Waals surface area contributed by atoms with E-state index >= 15 is 0 Å². The Morgan fingerprint density at radius 1 is 1.14 bits per heavy atom. The van der Waals surface area contributed by atoms with Crippen LogP contribution in [0.4, 0.5) is 0 Å². The predicted octanol–water partition coefficient (Wildman–Crippen LogP) is 0.997. The van der Waals surface area contributed by atoms with Crippen molar-refractivity contribution < 1.29 is 4.79 Å². The number of nitrogens with zero attached hydrogens (tertiary/aromatic N) is 4. The van der Waals surface area contributed by atoms with E-state index in [0.717, 1.165) is 18.6 Å². The molecule has 0 spiro atoms. The molecule has 0 saturated heterocycles. The zero-order valence-corrected chi connectivity index (χ0v) is 8.11. The minimum Gasteiger partial charge on any atom is -0.265 e. The molecule has 0 saturated carbocycles. The summed E-state index contributed by atoms with van der Waals surface area (Å²) in [6.07, 6.45) is 1.76. The molecular weight excluding hydrogens is 180 g/mol. The van der Waals surface area contributed by atoms with E-state index in [1.54, 1.807) is 6.92 Å². The third kappa shape index (κ3) is 1.30. The Labute approximate surface area is 81.4 Å². The Morgan fingerprint density at radius 2 is 1.93 bits per heavy atom. The van der Waals surface area contributed by atoms with Gasteiger partial charge in [0.2, 0.25) is 0 Å². The van der Waals surface area contributed by atoms with Gasteiger partial charge in [0.1, 0.15) is 11.5 Å². The second-order valence-electron chi connectivity index (χ2n) is 3.17. The SMILES string of the molecule is CCCC1=NN=C2C(=O)N=C(C)N=C12. The molecule has 0 aromatic rings. The number of carbonyl (C=O) groups is 1. The molecule has 0 bridgehead atoms. The fourth-order valence-electron chi connectivity index (χ4n) is 1.40. The molecule has 72 valence electrons. The van der Waals surface area contributed by atoms with Gasteiger partial charge < -0.3 is 0 Å². The normalized spacial score (nSPS) is 19.7. The van der Waals surface area contributed by atoms with Crippen LogP contribution in [0, 0.1) is 0 Å². The zero-order valence-electron chi connectivity index (χ0n) is 8.11. The maximum absolute atomic E-state index is 11.4. The monoisotopic (exact) mass is 190 g/mol. The second kappa shape index (κ2) is 3.25. The van der Waals surface area contributed by atoms with Crippen molar-refractivity contribution in [2.45, 2.75) is 26.7 Å². The second-order valence-corrected chi connectivity index (χ2v) is 3.17. The Bertz CT molecular complexity index is 415. The van der Waals surface area contributed by atoms with E-state index in [1.807, 2.05) is 6.92 Å². The first-order valence-electron chi connectivity index (χ1n) is 4.56. The van der Waals surface area contributed by atoms with E-state index in [2.05, 4.69) is 20.2 Å². The number of aliphatic imine (C=N–C) groups is 2. The smallest absolute Gasteiger partial charge is 0.265 e. The van der Waals surface area contributed by atoms with E-state index in [-0.39, 0.29) is 5.91 Å². The van der Waals surface area contributed by atoms with Crippen molar-refractivity contribution in [3.8, 4) is 0 Å². The Morgan fingerprint density at radius 3 is 2.64 bits per heavy atom. The lowest BCUT2D eigenvalue weighted by molar-refractivity contribution is -0.111. The molecule has 2 aliphatic rings. The van der Waals surface area contributed by atoms with Crippen molar-refractivity contribution in [1.29, 1.82) is 0 Å². The van der Waals surface area contributed by atoms with E-state index < -0.39 is 0 Å². The highest BCUT2D eigenvalue weighted by Crippen LogP contribution is 2.11. The minimum atomic E-state index is -0.331. The van der Waals surface area contributed by atoms with Crippen molar-refractivity contribution in [3.63, 3.8) is 0 Å². The van der Waals surface area contributed by atoms with Gasteiger partial charge in [0.15, 0.2) is 5.71 Å². The van der Waals surface area contributed by atoms with Crippen LogP contribution in [0.1, 0.15) is 26.7 Å². The molecule has 0 atom stereocenters. The van der Waals surface area contributed by atoms with Gasteiger partial charge in [-0.05, 0) is 13.3 Å².